The Morgan fingerprint density at radius 2 is 2.39 bits per heavy atom. The second-order valence-electron chi connectivity index (χ2n) is 4.40. The number of allylic oxidation sites excluding steroid dienone is 2. The highest BCUT2D eigenvalue weighted by Crippen LogP contribution is 2.10. The minimum absolute atomic E-state index is 0.247. The number of ether oxygens (including phenoxy) is 1. The van der Waals surface area contributed by atoms with Crippen molar-refractivity contribution < 1.29 is 9.53 Å². The Morgan fingerprint density at radius 1 is 1.56 bits per heavy atom. The lowest BCUT2D eigenvalue weighted by Crippen LogP contribution is -2.33. The van der Waals surface area contributed by atoms with Crippen LogP contribution in [0.4, 0.5) is 4.79 Å². The zero-order valence-corrected chi connectivity index (χ0v) is 11.2. The number of amides is 1. The van der Waals surface area contributed by atoms with E-state index in [1.165, 1.54) is 0 Å². The molecule has 18 heavy (non-hydrogen) atoms. The highest BCUT2D eigenvalue weighted by Gasteiger charge is 2.13. The van der Waals surface area contributed by atoms with E-state index >= 15 is 0 Å². The monoisotopic (exact) mass is 249 g/mol. The molecule has 1 aliphatic rings. The Labute approximate surface area is 110 Å². The maximum atomic E-state index is 11.9. The van der Waals surface area contributed by atoms with Gasteiger partial charge >= 0.3 is 6.09 Å². The highest BCUT2D eigenvalue weighted by atomic mass is 16.6. The van der Waals surface area contributed by atoms with Gasteiger partial charge in [-0.1, -0.05) is 37.6 Å². The number of carbonyl (C=O) groups excluding carboxylic acids is 1. The Kier molecular flexibility index (Phi) is 6.92. The molecule has 0 heterocycles. The van der Waals surface area contributed by atoms with Crippen molar-refractivity contribution >= 4 is 6.09 Å². The molecule has 0 fully saturated rings. The molecule has 0 saturated carbocycles. The smallest absolute Gasteiger partial charge is 0.410 e. The lowest BCUT2D eigenvalue weighted by atomic mass is 10.1. The van der Waals surface area contributed by atoms with Crippen molar-refractivity contribution in [2.24, 2.45) is 0 Å². The summed E-state index contributed by atoms with van der Waals surface area (Å²) in [4.78, 5) is 13.6. The summed E-state index contributed by atoms with van der Waals surface area (Å²) >= 11 is 0. The van der Waals surface area contributed by atoms with E-state index in [0.717, 1.165) is 37.8 Å². The van der Waals surface area contributed by atoms with Crippen LogP contribution in [0.2, 0.25) is 0 Å². The summed E-state index contributed by atoms with van der Waals surface area (Å²) in [6, 6.07) is 0. The van der Waals surface area contributed by atoms with Gasteiger partial charge in [0.15, 0.2) is 0 Å². The fourth-order valence-corrected chi connectivity index (χ4v) is 1.77. The molecule has 0 aromatic carbocycles. The number of hydrogen-bond acceptors (Lipinski definition) is 2. The van der Waals surface area contributed by atoms with Crippen LogP contribution in [0.5, 0.6) is 0 Å². The predicted octanol–water partition coefficient (Wildman–Crippen LogP) is 3.69. The molecule has 0 atom stereocenters. The summed E-state index contributed by atoms with van der Waals surface area (Å²) in [5.41, 5.74) is 1.09. The van der Waals surface area contributed by atoms with Gasteiger partial charge in [-0.15, -0.1) is 6.58 Å². The minimum atomic E-state index is -0.247. The summed E-state index contributed by atoms with van der Waals surface area (Å²) in [7, 11) is 0. The van der Waals surface area contributed by atoms with E-state index in [4.69, 9.17) is 4.74 Å². The Balaban J connectivity index is 2.37. The van der Waals surface area contributed by atoms with E-state index in [0.29, 0.717) is 13.2 Å². The lowest BCUT2D eigenvalue weighted by molar-refractivity contribution is 0.114. The van der Waals surface area contributed by atoms with Gasteiger partial charge < -0.3 is 9.64 Å². The molecule has 1 amide bonds. The van der Waals surface area contributed by atoms with Crippen molar-refractivity contribution in [2.45, 2.75) is 32.6 Å². The van der Waals surface area contributed by atoms with Gasteiger partial charge in [0.05, 0.1) is 0 Å². The van der Waals surface area contributed by atoms with Crippen LogP contribution in [-0.4, -0.2) is 30.7 Å². The van der Waals surface area contributed by atoms with E-state index in [1.807, 2.05) is 6.08 Å². The van der Waals surface area contributed by atoms with Gasteiger partial charge in [-0.25, -0.2) is 4.79 Å². The van der Waals surface area contributed by atoms with E-state index in [9.17, 15) is 4.79 Å². The quantitative estimate of drug-likeness (QED) is 0.644. The molecule has 0 aliphatic heterocycles. The molecule has 0 saturated heterocycles. The summed E-state index contributed by atoms with van der Waals surface area (Å²) in [5.74, 6) is 0. The van der Waals surface area contributed by atoms with Crippen LogP contribution in [-0.2, 0) is 4.74 Å². The van der Waals surface area contributed by atoms with Crippen LogP contribution in [0.1, 0.15) is 32.6 Å². The molecule has 1 rings (SSSR count). The normalized spacial score (nSPS) is 13.9. The molecule has 0 spiro atoms. The van der Waals surface area contributed by atoms with Crippen molar-refractivity contribution in [3.05, 3.63) is 36.5 Å². The van der Waals surface area contributed by atoms with Gasteiger partial charge in [-0.2, -0.15) is 0 Å². The zero-order valence-electron chi connectivity index (χ0n) is 11.2. The third-order valence-corrected chi connectivity index (χ3v) is 2.82. The summed E-state index contributed by atoms with van der Waals surface area (Å²) in [6.45, 7) is 7.43. The van der Waals surface area contributed by atoms with Crippen molar-refractivity contribution in [3.63, 3.8) is 0 Å². The molecule has 3 heteroatoms. The molecule has 0 radical (unpaired) electrons. The molecule has 0 aromatic rings. The van der Waals surface area contributed by atoms with Crippen molar-refractivity contribution in [3.8, 4) is 0 Å². The number of rotatable bonds is 7. The van der Waals surface area contributed by atoms with Crippen molar-refractivity contribution in [1.29, 1.82) is 0 Å². The summed E-state index contributed by atoms with van der Waals surface area (Å²) < 4.78 is 5.31. The molecule has 0 aromatic heterocycles. The van der Waals surface area contributed by atoms with Gasteiger partial charge in [0, 0.05) is 13.1 Å². The number of hydrogen-bond donors (Lipinski definition) is 0. The van der Waals surface area contributed by atoms with Crippen LogP contribution < -0.4 is 0 Å². The fraction of sp³-hybridized carbons (Fsp3) is 0.533. The molecule has 1 aliphatic carbocycles. The first-order valence-electron chi connectivity index (χ1n) is 6.66. The van der Waals surface area contributed by atoms with Crippen LogP contribution in [0.15, 0.2) is 36.5 Å². The second-order valence-corrected chi connectivity index (χ2v) is 4.40. The van der Waals surface area contributed by atoms with Gasteiger partial charge in [0.25, 0.3) is 0 Å². The largest absolute Gasteiger partial charge is 0.445 e. The van der Waals surface area contributed by atoms with Gasteiger partial charge in [-0.05, 0) is 24.8 Å². The summed E-state index contributed by atoms with van der Waals surface area (Å²) in [5, 5.41) is 0. The topological polar surface area (TPSA) is 29.5 Å². The van der Waals surface area contributed by atoms with Crippen LogP contribution >= 0.6 is 0 Å². The summed E-state index contributed by atoms with van der Waals surface area (Å²) in [6.07, 6.45) is 11.9. The first-order valence-corrected chi connectivity index (χ1v) is 6.66. The molecule has 0 bridgehead atoms. The molecular formula is C15H23NO2. The number of nitrogens with zero attached hydrogens (tertiary/aromatic N) is 1. The number of unbranched alkanes of at least 4 members (excludes halogenated alkanes) is 1. The van der Waals surface area contributed by atoms with Crippen molar-refractivity contribution in [1.82, 2.24) is 4.90 Å². The van der Waals surface area contributed by atoms with Crippen LogP contribution in [0.3, 0.4) is 0 Å². The Hall–Kier alpha value is -1.51. The second kappa shape index (κ2) is 8.56. The van der Waals surface area contributed by atoms with Gasteiger partial charge in [-0.3, -0.25) is 0 Å². The lowest BCUT2D eigenvalue weighted by Gasteiger charge is -2.20. The van der Waals surface area contributed by atoms with E-state index in [-0.39, 0.29) is 6.09 Å². The number of carbonyl (C=O) groups is 1. The highest BCUT2D eigenvalue weighted by molar-refractivity contribution is 5.68. The van der Waals surface area contributed by atoms with E-state index in [2.05, 4.69) is 25.7 Å². The Bertz CT molecular complexity index is 331. The van der Waals surface area contributed by atoms with Gasteiger partial charge in [0.2, 0.25) is 0 Å². The third kappa shape index (κ3) is 5.21. The first kappa shape index (κ1) is 14.6. The van der Waals surface area contributed by atoms with E-state index in [1.54, 1.807) is 11.0 Å². The molecule has 0 N–H and O–H groups in total. The first-order chi connectivity index (χ1) is 8.77. The van der Waals surface area contributed by atoms with Gasteiger partial charge in [0.1, 0.15) is 6.61 Å². The average molecular weight is 249 g/mol. The van der Waals surface area contributed by atoms with Crippen LogP contribution in [0, 0.1) is 0 Å². The van der Waals surface area contributed by atoms with Crippen LogP contribution in [0.25, 0.3) is 0 Å². The predicted molar refractivity (Wildman–Crippen MR) is 74.5 cm³/mol. The molecule has 100 valence electrons. The molecule has 3 nitrogen and oxygen atoms in total. The SMILES string of the molecule is C=CCN(CCCC)C(=O)OCC1=CCCC=C1. The van der Waals surface area contributed by atoms with Crippen molar-refractivity contribution in [2.75, 3.05) is 19.7 Å². The minimum Gasteiger partial charge on any atom is -0.445 e. The maximum absolute atomic E-state index is 11.9. The average Bonchev–Trinajstić information content (AvgIpc) is 2.42. The molecule has 0 unspecified atom stereocenters. The standard InChI is InChI=1S/C15H23NO2/c1-3-5-12-16(11-4-2)15(17)18-13-14-9-7-6-8-10-14/h4,7,9-10H,2-3,5-6,8,11-13H2,1H3. The molecular weight excluding hydrogens is 226 g/mol. The van der Waals surface area contributed by atoms with E-state index < -0.39 is 0 Å². The Morgan fingerprint density at radius 3 is 3.00 bits per heavy atom. The third-order valence-electron chi connectivity index (χ3n) is 2.82. The maximum Gasteiger partial charge on any atom is 0.410 e. The zero-order chi connectivity index (χ0) is 13.2. The fourth-order valence-electron chi connectivity index (χ4n) is 1.77.